The van der Waals surface area contributed by atoms with Gasteiger partial charge in [0.25, 0.3) is 0 Å². The Morgan fingerprint density at radius 3 is 2.31 bits per heavy atom. The topological polar surface area (TPSA) is 55.8 Å². The molecule has 29 heavy (non-hydrogen) atoms. The number of para-hydroxylation sites is 1. The van der Waals surface area contributed by atoms with E-state index in [0.717, 1.165) is 18.4 Å². The standard InChI is InChI=1S/C24H21FO4/c25-23-11-10-20(28-18-4-2-1-3-5-18)15-22(23)17-6-8-19(9-7-17)29-21-12-16(13-21)14-24(26)27/h1-11,15-16,21H,12-14H2,(H,26,27). The Bertz CT molecular complexity index is 980. The molecule has 1 N–H and O–H groups in total. The summed E-state index contributed by atoms with van der Waals surface area (Å²) in [7, 11) is 0. The van der Waals surface area contributed by atoms with Crippen molar-refractivity contribution in [3.63, 3.8) is 0 Å². The van der Waals surface area contributed by atoms with Crippen LogP contribution in [0.5, 0.6) is 17.2 Å². The summed E-state index contributed by atoms with van der Waals surface area (Å²) < 4.78 is 26.1. The number of aliphatic carboxylic acids is 1. The van der Waals surface area contributed by atoms with Gasteiger partial charge in [-0.3, -0.25) is 4.79 Å². The highest BCUT2D eigenvalue weighted by atomic mass is 19.1. The summed E-state index contributed by atoms with van der Waals surface area (Å²) in [4.78, 5) is 10.7. The highest BCUT2D eigenvalue weighted by molar-refractivity contribution is 5.67. The Morgan fingerprint density at radius 1 is 0.931 bits per heavy atom. The molecule has 4 rings (SSSR count). The van der Waals surface area contributed by atoms with Gasteiger partial charge in [-0.1, -0.05) is 30.3 Å². The van der Waals surface area contributed by atoms with Crippen molar-refractivity contribution >= 4 is 5.97 Å². The van der Waals surface area contributed by atoms with Gasteiger partial charge in [0.15, 0.2) is 0 Å². The maximum Gasteiger partial charge on any atom is 0.303 e. The van der Waals surface area contributed by atoms with Crippen molar-refractivity contribution in [2.45, 2.75) is 25.4 Å². The van der Waals surface area contributed by atoms with Gasteiger partial charge in [-0.15, -0.1) is 0 Å². The minimum atomic E-state index is -0.765. The van der Waals surface area contributed by atoms with Crippen molar-refractivity contribution in [3.8, 4) is 28.4 Å². The summed E-state index contributed by atoms with van der Waals surface area (Å²) >= 11 is 0. The fourth-order valence-electron chi connectivity index (χ4n) is 3.50. The molecule has 4 nitrogen and oxygen atoms in total. The number of carbonyl (C=O) groups is 1. The normalized spacial score (nSPS) is 18.0. The number of benzene rings is 3. The molecule has 0 radical (unpaired) electrons. The summed E-state index contributed by atoms with van der Waals surface area (Å²) in [6.07, 6.45) is 1.74. The Morgan fingerprint density at radius 2 is 1.62 bits per heavy atom. The molecule has 0 saturated heterocycles. The van der Waals surface area contributed by atoms with E-state index in [-0.39, 0.29) is 24.3 Å². The number of hydrogen-bond donors (Lipinski definition) is 1. The van der Waals surface area contributed by atoms with Gasteiger partial charge in [0.1, 0.15) is 23.1 Å². The third-order valence-electron chi connectivity index (χ3n) is 5.04. The zero-order valence-corrected chi connectivity index (χ0v) is 15.8. The predicted octanol–water partition coefficient (Wildman–Crippen LogP) is 5.92. The monoisotopic (exact) mass is 392 g/mol. The molecule has 0 bridgehead atoms. The summed E-state index contributed by atoms with van der Waals surface area (Å²) in [5.41, 5.74) is 1.18. The van der Waals surface area contributed by atoms with Crippen LogP contribution in [-0.4, -0.2) is 17.2 Å². The molecule has 0 aromatic heterocycles. The zero-order chi connectivity index (χ0) is 20.2. The van der Waals surface area contributed by atoms with Crippen molar-refractivity contribution in [3.05, 3.63) is 78.6 Å². The molecule has 1 fully saturated rings. The Kier molecular flexibility index (Phi) is 5.47. The Hall–Kier alpha value is -3.34. The Labute approximate surface area is 168 Å². The van der Waals surface area contributed by atoms with Crippen molar-refractivity contribution in [2.24, 2.45) is 5.92 Å². The molecule has 0 atom stereocenters. The second kappa shape index (κ2) is 8.35. The lowest BCUT2D eigenvalue weighted by Gasteiger charge is -2.34. The van der Waals surface area contributed by atoms with E-state index in [1.165, 1.54) is 6.07 Å². The maximum atomic E-state index is 14.4. The summed E-state index contributed by atoms with van der Waals surface area (Å²) in [5.74, 6) is 1.05. The number of hydrogen-bond acceptors (Lipinski definition) is 3. The van der Waals surface area contributed by atoms with Gasteiger partial charge in [-0.05, 0) is 66.8 Å². The van der Waals surface area contributed by atoms with Crippen LogP contribution < -0.4 is 9.47 Å². The quantitative estimate of drug-likeness (QED) is 0.542. The van der Waals surface area contributed by atoms with Crippen LogP contribution in [-0.2, 0) is 4.79 Å². The molecule has 3 aromatic carbocycles. The first-order chi connectivity index (χ1) is 14.1. The highest BCUT2D eigenvalue weighted by Crippen LogP contribution is 2.35. The largest absolute Gasteiger partial charge is 0.490 e. The van der Waals surface area contributed by atoms with E-state index in [1.54, 1.807) is 12.1 Å². The van der Waals surface area contributed by atoms with Gasteiger partial charge in [0.2, 0.25) is 0 Å². The first-order valence-electron chi connectivity index (χ1n) is 9.58. The molecule has 1 aliphatic rings. The van der Waals surface area contributed by atoms with Crippen molar-refractivity contribution in [1.29, 1.82) is 0 Å². The van der Waals surface area contributed by atoms with Crippen molar-refractivity contribution in [1.82, 2.24) is 0 Å². The number of ether oxygens (including phenoxy) is 2. The van der Waals surface area contributed by atoms with Gasteiger partial charge < -0.3 is 14.6 Å². The smallest absolute Gasteiger partial charge is 0.303 e. The molecule has 0 unspecified atom stereocenters. The van der Waals surface area contributed by atoms with E-state index >= 15 is 0 Å². The third kappa shape index (κ3) is 4.74. The highest BCUT2D eigenvalue weighted by Gasteiger charge is 2.32. The van der Waals surface area contributed by atoms with E-state index in [0.29, 0.717) is 22.8 Å². The van der Waals surface area contributed by atoms with Gasteiger partial charge in [-0.25, -0.2) is 4.39 Å². The minimum absolute atomic E-state index is 0.0459. The summed E-state index contributed by atoms with van der Waals surface area (Å²) in [6, 6.07) is 21.3. The van der Waals surface area contributed by atoms with Crippen LogP contribution in [0.3, 0.4) is 0 Å². The van der Waals surface area contributed by atoms with E-state index in [1.807, 2.05) is 54.6 Å². The first kappa shape index (κ1) is 19.0. The molecule has 0 amide bonds. The van der Waals surface area contributed by atoms with Crippen molar-refractivity contribution < 1.29 is 23.8 Å². The van der Waals surface area contributed by atoms with Crippen LogP contribution in [0.1, 0.15) is 19.3 Å². The zero-order valence-electron chi connectivity index (χ0n) is 15.8. The molecule has 148 valence electrons. The Balaban J connectivity index is 1.42. The number of rotatable bonds is 7. The lowest BCUT2D eigenvalue weighted by Crippen LogP contribution is -2.34. The molecule has 0 spiro atoms. The molecule has 0 aliphatic heterocycles. The number of halogens is 1. The predicted molar refractivity (Wildman–Crippen MR) is 108 cm³/mol. The summed E-state index contributed by atoms with van der Waals surface area (Å²) in [5, 5.41) is 8.81. The van der Waals surface area contributed by atoms with Gasteiger partial charge in [0, 0.05) is 12.0 Å². The van der Waals surface area contributed by atoms with E-state index in [4.69, 9.17) is 14.6 Å². The molecule has 0 heterocycles. The average molecular weight is 392 g/mol. The van der Waals surface area contributed by atoms with Crippen LogP contribution in [0.15, 0.2) is 72.8 Å². The molecular weight excluding hydrogens is 371 g/mol. The fourth-order valence-corrected chi connectivity index (χ4v) is 3.50. The van der Waals surface area contributed by atoms with Crippen molar-refractivity contribution in [2.75, 3.05) is 0 Å². The van der Waals surface area contributed by atoms with Crippen LogP contribution >= 0.6 is 0 Å². The van der Waals surface area contributed by atoms with Crippen LogP contribution in [0, 0.1) is 11.7 Å². The van der Waals surface area contributed by atoms with Crippen LogP contribution in [0.25, 0.3) is 11.1 Å². The lowest BCUT2D eigenvalue weighted by atomic mass is 9.80. The molecular formula is C24H21FO4. The van der Waals surface area contributed by atoms with E-state index in [9.17, 15) is 9.18 Å². The lowest BCUT2D eigenvalue weighted by molar-refractivity contribution is -0.139. The number of carboxylic acid groups (broad SMARTS) is 1. The van der Waals surface area contributed by atoms with Gasteiger partial charge in [-0.2, -0.15) is 0 Å². The third-order valence-corrected chi connectivity index (χ3v) is 5.04. The second-order valence-electron chi connectivity index (χ2n) is 7.26. The SMILES string of the molecule is O=C(O)CC1CC(Oc2ccc(-c3cc(Oc4ccccc4)ccc3F)cc2)C1. The van der Waals surface area contributed by atoms with Gasteiger partial charge >= 0.3 is 5.97 Å². The molecule has 5 heteroatoms. The average Bonchev–Trinajstić information content (AvgIpc) is 2.69. The first-order valence-corrected chi connectivity index (χ1v) is 9.58. The number of carboxylic acids is 1. The molecule has 1 saturated carbocycles. The van der Waals surface area contributed by atoms with E-state index < -0.39 is 5.97 Å². The van der Waals surface area contributed by atoms with Crippen LogP contribution in [0.2, 0.25) is 0 Å². The van der Waals surface area contributed by atoms with Gasteiger partial charge in [0.05, 0.1) is 6.10 Å². The minimum Gasteiger partial charge on any atom is -0.490 e. The second-order valence-corrected chi connectivity index (χ2v) is 7.26. The van der Waals surface area contributed by atoms with E-state index in [2.05, 4.69) is 0 Å². The fraction of sp³-hybridized carbons (Fsp3) is 0.208. The van der Waals surface area contributed by atoms with Crippen LogP contribution in [0.4, 0.5) is 4.39 Å². The maximum absolute atomic E-state index is 14.4. The molecule has 3 aromatic rings. The molecule has 1 aliphatic carbocycles. The summed E-state index contributed by atoms with van der Waals surface area (Å²) in [6.45, 7) is 0.